The average molecular weight is 335 g/mol. The number of aryl methyl sites for hydroxylation is 1. The maximum atomic E-state index is 12.7. The van der Waals surface area contributed by atoms with E-state index >= 15 is 0 Å². The highest BCUT2D eigenvalue weighted by Crippen LogP contribution is 2.38. The van der Waals surface area contributed by atoms with E-state index in [1.165, 1.54) is 5.56 Å². The summed E-state index contributed by atoms with van der Waals surface area (Å²) in [5, 5.41) is 9.75. The van der Waals surface area contributed by atoms with Gasteiger partial charge in [0.25, 0.3) is 0 Å². The third kappa shape index (κ3) is 3.53. The number of ketones is 1. The van der Waals surface area contributed by atoms with Gasteiger partial charge in [-0.05, 0) is 48.8 Å². The molecule has 1 N–H and O–H groups in total. The van der Waals surface area contributed by atoms with Crippen molar-refractivity contribution in [2.24, 2.45) is 11.8 Å². The molecule has 1 heterocycles. The Balaban J connectivity index is 1.45. The zero-order valence-corrected chi connectivity index (χ0v) is 14.7. The molecule has 0 radical (unpaired) electrons. The Kier molecular flexibility index (Phi) is 4.45. The SMILES string of the molecule is Cc1cccc(-c2cccc(C(=O)CN3C[C@H]4CC(O)C[C@H]4C3)c2)c1. The molecule has 2 aliphatic rings. The van der Waals surface area contributed by atoms with Crippen LogP contribution >= 0.6 is 0 Å². The third-order valence-electron chi connectivity index (χ3n) is 5.70. The topological polar surface area (TPSA) is 40.5 Å². The van der Waals surface area contributed by atoms with E-state index in [4.69, 9.17) is 0 Å². The first-order valence-electron chi connectivity index (χ1n) is 9.19. The van der Waals surface area contributed by atoms with Crippen molar-refractivity contribution in [1.29, 1.82) is 0 Å². The summed E-state index contributed by atoms with van der Waals surface area (Å²) in [5.41, 5.74) is 4.26. The minimum Gasteiger partial charge on any atom is -0.393 e. The van der Waals surface area contributed by atoms with Gasteiger partial charge >= 0.3 is 0 Å². The Morgan fingerprint density at radius 3 is 2.36 bits per heavy atom. The summed E-state index contributed by atoms with van der Waals surface area (Å²) in [7, 11) is 0. The fourth-order valence-electron chi connectivity index (χ4n) is 4.49. The van der Waals surface area contributed by atoms with Crippen molar-refractivity contribution in [2.45, 2.75) is 25.9 Å². The van der Waals surface area contributed by atoms with Crippen molar-refractivity contribution < 1.29 is 9.90 Å². The van der Waals surface area contributed by atoms with Crippen LogP contribution in [0.25, 0.3) is 11.1 Å². The highest BCUT2D eigenvalue weighted by Gasteiger charge is 2.40. The highest BCUT2D eigenvalue weighted by molar-refractivity contribution is 5.98. The van der Waals surface area contributed by atoms with Crippen molar-refractivity contribution in [1.82, 2.24) is 4.90 Å². The molecule has 0 amide bonds. The second kappa shape index (κ2) is 6.74. The molecule has 2 aromatic carbocycles. The molecule has 1 unspecified atom stereocenters. The summed E-state index contributed by atoms with van der Waals surface area (Å²) in [4.78, 5) is 15.0. The van der Waals surface area contributed by atoms with Gasteiger partial charge in [0, 0.05) is 18.7 Å². The van der Waals surface area contributed by atoms with E-state index < -0.39 is 0 Å². The predicted molar refractivity (Wildman–Crippen MR) is 99.6 cm³/mol. The summed E-state index contributed by atoms with van der Waals surface area (Å²) < 4.78 is 0. The van der Waals surface area contributed by atoms with Gasteiger partial charge in [0.15, 0.2) is 5.78 Å². The molecule has 2 fully saturated rings. The van der Waals surface area contributed by atoms with Crippen LogP contribution in [0.2, 0.25) is 0 Å². The van der Waals surface area contributed by atoms with Crippen molar-refractivity contribution in [2.75, 3.05) is 19.6 Å². The monoisotopic (exact) mass is 335 g/mol. The van der Waals surface area contributed by atoms with E-state index in [1.807, 2.05) is 18.2 Å². The molecule has 0 aromatic heterocycles. The zero-order valence-electron chi connectivity index (χ0n) is 14.7. The molecular formula is C22H25NO2. The first kappa shape index (κ1) is 16.5. The van der Waals surface area contributed by atoms with Crippen molar-refractivity contribution >= 4 is 5.78 Å². The molecule has 1 aliphatic carbocycles. The van der Waals surface area contributed by atoms with Crippen LogP contribution in [0.5, 0.6) is 0 Å². The van der Waals surface area contributed by atoms with Gasteiger partial charge in [-0.1, -0.05) is 48.0 Å². The number of aliphatic hydroxyl groups is 1. The van der Waals surface area contributed by atoms with Crippen LogP contribution in [0, 0.1) is 18.8 Å². The molecule has 1 saturated heterocycles. The molecule has 1 aliphatic heterocycles. The molecule has 0 bridgehead atoms. The number of likely N-dealkylation sites (tertiary alicyclic amines) is 1. The predicted octanol–water partition coefficient (Wildman–Crippen LogP) is 3.55. The lowest BCUT2D eigenvalue weighted by atomic mass is 10.00. The lowest BCUT2D eigenvalue weighted by Gasteiger charge is -2.17. The van der Waals surface area contributed by atoms with Crippen LogP contribution in [-0.4, -0.2) is 41.5 Å². The molecule has 4 rings (SSSR count). The van der Waals surface area contributed by atoms with Gasteiger partial charge < -0.3 is 5.11 Å². The molecule has 130 valence electrons. The summed E-state index contributed by atoms with van der Waals surface area (Å²) in [6, 6.07) is 16.3. The first-order chi connectivity index (χ1) is 12.1. The van der Waals surface area contributed by atoms with Gasteiger partial charge in [-0.15, -0.1) is 0 Å². The number of carbonyl (C=O) groups excluding carboxylic acids is 1. The number of nitrogens with zero attached hydrogens (tertiary/aromatic N) is 1. The van der Waals surface area contributed by atoms with Crippen molar-refractivity contribution in [3.63, 3.8) is 0 Å². The minimum atomic E-state index is -0.126. The van der Waals surface area contributed by atoms with Crippen LogP contribution in [-0.2, 0) is 0 Å². The van der Waals surface area contributed by atoms with Gasteiger partial charge in [-0.25, -0.2) is 0 Å². The summed E-state index contributed by atoms with van der Waals surface area (Å²) in [6.45, 7) is 4.47. The molecule has 0 spiro atoms. The van der Waals surface area contributed by atoms with Gasteiger partial charge in [-0.2, -0.15) is 0 Å². The Labute approximate surface area is 149 Å². The van der Waals surface area contributed by atoms with Crippen molar-refractivity contribution in [3.8, 4) is 11.1 Å². The Bertz CT molecular complexity index is 771. The fourth-order valence-corrected chi connectivity index (χ4v) is 4.49. The van der Waals surface area contributed by atoms with E-state index in [1.54, 1.807) is 0 Å². The van der Waals surface area contributed by atoms with Crippen LogP contribution < -0.4 is 0 Å². The number of fused-ring (bicyclic) bond motifs is 1. The van der Waals surface area contributed by atoms with Crippen LogP contribution in [0.15, 0.2) is 48.5 Å². The van der Waals surface area contributed by atoms with Crippen molar-refractivity contribution in [3.05, 3.63) is 59.7 Å². The molecule has 3 nitrogen and oxygen atoms in total. The molecule has 1 saturated carbocycles. The summed E-state index contributed by atoms with van der Waals surface area (Å²) in [5.74, 6) is 1.33. The van der Waals surface area contributed by atoms with E-state index in [-0.39, 0.29) is 11.9 Å². The van der Waals surface area contributed by atoms with Gasteiger partial charge in [0.05, 0.1) is 12.6 Å². The maximum Gasteiger partial charge on any atom is 0.176 e. The molecular weight excluding hydrogens is 310 g/mol. The van der Waals surface area contributed by atoms with Crippen LogP contribution in [0.3, 0.4) is 0 Å². The lowest BCUT2D eigenvalue weighted by molar-refractivity contribution is 0.0935. The number of Topliss-reactive ketones (excluding diaryl/α,β-unsaturated/α-hetero) is 1. The number of rotatable bonds is 4. The number of aliphatic hydroxyl groups excluding tert-OH is 1. The number of benzene rings is 2. The smallest absolute Gasteiger partial charge is 0.176 e. The number of hydrogen-bond donors (Lipinski definition) is 1. The normalized spacial score (nSPS) is 25.9. The molecule has 3 atom stereocenters. The Morgan fingerprint density at radius 2 is 1.68 bits per heavy atom. The van der Waals surface area contributed by atoms with Crippen LogP contribution in [0.4, 0.5) is 0 Å². The van der Waals surface area contributed by atoms with Gasteiger partial charge in [0.2, 0.25) is 0 Å². The van der Waals surface area contributed by atoms with Crippen LogP contribution in [0.1, 0.15) is 28.8 Å². The molecule has 2 aromatic rings. The van der Waals surface area contributed by atoms with Gasteiger partial charge in [0.1, 0.15) is 0 Å². The quantitative estimate of drug-likeness (QED) is 0.869. The number of carbonyl (C=O) groups is 1. The lowest BCUT2D eigenvalue weighted by Crippen LogP contribution is -2.29. The van der Waals surface area contributed by atoms with E-state index in [0.29, 0.717) is 18.4 Å². The fraction of sp³-hybridized carbons (Fsp3) is 0.409. The second-order valence-electron chi connectivity index (χ2n) is 7.71. The zero-order chi connectivity index (χ0) is 17.4. The Hall–Kier alpha value is -1.97. The second-order valence-corrected chi connectivity index (χ2v) is 7.71. The molecule has 3 heteroatoms. The maximum absolute atomic E-state index is 12.7. The summed E-state index contributed by atoms with van der Waals surface area (Å²) in [6.07, 6.45) is 1.68. The average Bonchev–Trinajstić information content (AvgIpc) is 3.11. The minimum absolute atomic E-state index is 0.126. The third-order valence-corrected chi connectivity index (χ3v) is 5.70. The first-order valence-corrected chi connectivity index (χ1v) is 9.19. The van der Waals surface area contributed by atoms with E-state index in [0.717, 1.165) is 42.6 Å². The van der Waals surface area contributed by atoms with E-state index in [2.05, 4.69) is 42.2 Å². The standard InChI is InChI=1S/C22H25NO2/c1-15-4-2-5-16(8-15)17-6-3-7-18(9-17)22(25)14-23-12-19-10-21(24)11-20(19)13-23/h2-9,19-21,24H,10-14H2,1H3/t19-,20+,21?. The highest BCUT2D eigenvalue weighted by atomic mass is 16.3. The largest absolute Gasteiger partial charge is 0.393 e. The Morgan fingerprint density at radius 1 is 1.04 bits per heavy atom. The number of hydrogen-bond acceptors (Lipinski definition) is 3. The molecule has 25 heavy (non-hydrogen) atoms. The summed E-state index contributed by atoms with van der Waals surface area (Å²) >= 11 is 0. The van der Waals surface area contributed by atoms with E-state index in [9.17, 15) is 9.90 Å². The van der Waals surface area contributed by atoms with Gasteiger partial charge in [-0.3, -0.25) is 9.69 Å².